The summed E-state index contributed by atoms with van der Waals surface area (Å²) in [7, 11) is 1.39. The molecular weight excluding hydrogens is 325 g/mol. The number of ketones is 1. The fourth-order valence-corrected chi connectivity index (χ4v) is 2.27. The first kappa shape index (κ1) is 18.4. The van der Waals surface area contributed by atoms with Crippen molar-refractivity contribution in [2.45, 2.75) is 19.9 Å². The van der Waals surface area contributed by atoms with E-state index >= 15 is 0 Å². The molecule has 0 bridgehead atoms. The Morgan fingerprint density at radius 3 is 2.60 bits per heavy atom. The number of rotatable bonds is 7. The third-order valence-electron chi connectivity index (χ3n) is 3.66. The number of hydrogen-bond acceptors (Lipinski definition) is 4. The van der Waals surface area contributed by atoms with Crippen molar-refractivity contribution in [2.75, 3.05) is 13.7 Å². The monoisotopic (exact) mass is 345 g/mol. The normalized spacial score (nSPS) is 11.5. The molecule has 1 amide bonds. The second-order valence-electron chi connectivity index (χ2n) is 5.56. The van der Waals surface area contributed by atoms with E-state index in [0.717, 1.165) is 0 Å². The molecule has 0 saturated heterocycles. The Morgan fingerprint density at radius 2 is 1.96 bits per heavy atom. The molecule has 1 unspecified atom stereocenters. The maximum atomic E-state index is 13.7. The van der Waals surface area contributed by atoms with Gasteiger partial charge in [0.25, 0.3) is 5.91 Å². The molecule has 0 aromatic heterocycles. The van der Waals surface area contributed by atoms with Crippen molar-refractivity contribution in [2.24, 2.45) is 0 Å². The molecule has 0 aliphatic carbocycles. The quantitative estimate of drug-likeness (QED) is 0.782. The highest BCUT2D eigenvalue weighted by Crippen LogP contribution is 2.21. The molecule has 0 aliphatic rings. The molecule has 25 heavy (non-hydrogen) atoms. The van der Waals surface area contributed by atoms with Gasteiger partial charge in [-0.15, -0.1) is 0 Å². The zero-order chi connectivity index (χ0) is 18.4. The maximum absolute atomic E-state index is 13.7. The van der Waals surface area contributed by atoms with Gasteiger partial charge in [0.05, 0.1) is 13.2 Å². The van der Waals surface area contributed by atoms with Crippen molar-refractivity contribution in [1.29, 1.82) is 0 Å². The van der Waals surface area contributed by atoms with E-state index in [0.29, 0.717) is 16.9 Å². The number of ether oxygens (including phenoxy) is 2. The van der Waals surface area contributed by atoms with Crippen molar-refractivity contribution >= 4 is 11.7 Å². The summed E-state index contributed by atoms with van der Waals surface area (Å²) in [6.07, 6.45) is 0. The Kier molecular flexibility index (Phi) is 6.11. The summed E-state index contributed by atoms with van der Waals surface area (Å²) in [4.78, 5) is 23.3. The Labute approximate surface area is 145 Å². The van der Waals surface area contributed by atoms with Crippen molar-refractivity contribution in [1.82, 2.24) is 5.32 Å². The van der Waals surface area contributed by atoms with Gasteiger partial charge in [0.15, 0.2) is 24.0 Å². The van der Waals surface area contributed by atoms with E-state index in [4.69, 9.17) is 9.47 Å². The van der Waals surface area contributed by atoms with E-state index in [1.54, 1.807) is 37.3 Å². The van der Waals surface area contributed by atoms with Crippen molar-refractivity contribution in [3.63, 3.8) is 0 Å². The van der Waals surface area contributed by atoms with Crippen LogP contribution >= 0.6 is 0 Å². The van der Waals surface area contributed by atoms with Gasteiger partial charge in [-0.1, -0.05) is 18.2 Å². The van der Waals surface area contributed by atoms with E-state index in [2.05, 4.69) is 5.32 Å². The third kappa shape index (κ3) is 5.04. The van der Waals surface area contributed by atoms with Crippen LogP contribution in [0.5, 0.6) is 11.5 Å². The minimum Gasteiger partial charge on any atom is -0.494 e. The number of hydrogen-bond donors (Lipinski definition) is 1. The second kappa shape index (κ2) is 8.28. The number of carbonyl (C=O) groups excluding carboxylic acids is 2. The lowest BCUT2D eigenvalue weighted by molar-refractivity contribution is -0.123. The number of benzene rings is 2. The summed E-state index contributed by atoms with van der Waals surface area (Å²) in [6, 6.07) is 10.7. The molecule has 2 aromatic carbocycles. The molecule has 132 valence electrons. The number of nitrogens with one attached hydrogen (secondary N) is 1. The molecule has 6 heteroatoms. The number of methoxy groups -OCH3 is 1. The lowest BCUT2D eigenvalue weighted by Crippen LogP contribution is -2.31. The topological polar surface area (TPSA) is 64.6 Å². The molecule has 1 atom stereocenters. The molecule has 1 N–H and O–H groups in total. The predicted molar refractivity (Wildman–Crippen MR) is 91.5 cm³/mol. The van der Waals surface area contributed by atoms with E-state index in [1.807, 2.05) is 0 Å². The molecule has 2 rings (SSSR count). The minimum atomic E-state index is -0.488. The first-order chi connectivity index (χ1) is 11.9. The van der Waals surface area contributed by atoms with Crippen LogP contribution in [0.25, 0.3) is 0 Å². The molecule has 0 saturated carbocycles. The largest absolute Gasteiger partial charge is 0.494 e. The highest BCUT2D eigenvalue weighted by atomic mass is 19.1. The third-order valence-corrected chi connectivity index (χ3v) is 3.66. The summed E-state index contributed by atoms with van der Waals surface area (Å²) in [6.45, 7) is 3.00. The second-order valence-corrected chi connectivity index (χ2v) is 5.56. The summed E-state index contributed by atoms with van der Waals surface area (Å²) < 4.78 is 24.0. The molecule has 2 aromatic rings. The fourth-order valence-electron chi connectivity index (χ4n) is 2.27. The number of halogens is 1. The molecule has 0 radical (unpaired) electrons. The van der Waals surface area contributed by atoms with Crippen LogP contribution in [0.4, 0.5) is 4.39 Å². The van der Waals surface area contributed by atoms with E-state index in [1.165, 1.54) is 26.2 Å². The van der Waals surface area contributed by atoms with E-state index in [9.17, 15) is 14.0 Å². The summed E-state index contributed by atoms with van der Waals surface area (Å²) >= 11 is 0. The Bertz CT molecular complexity index is 776. The summed E-state index contributed by atoms with van der Waals surface area (Å²) in [5, 5.41) is 2.73. The van der Waals surface area contributed by atoms with Gasteiger partial charge in [0.1, 0.15) is 5.75 Å². The van der Waals surface area contributed by atoms with E-state index < -0.39 is 5.82 Å². The van der Waals surface area contributed by atoms with Gasteiger partial charge in [-0.05, 0) is 43.7 Å². The zero-order valence-electron chi connectivity index (χ0n) is 14.3. The van der Waals surface area contributed by atoms with Gasteiger partial charge in [0, 0.05) is 5.56 Å². The van der Waals surface area contributed by atoms with Gasteiger partial charge in [-0.2, -0.15) is 0 Å². The van der Waals surface area contributed by atoms with Crippen LogP contribution < -0.4 is 14.8 Å². The minimum absolute atomic E-state index is 0.0787. The van der Waals surface area contributed by atoms with Crippen LogP contribution in [0.15, 0.2) is 42.5 Å². The maximum Gasteiger partial charge on any atom is 0.258 e. The molecular formula is C19H20FNO4. The number of amides is 1. The van der Waals surface area contributed by atoms with Crippen molar-refractivity contribution in [3.05, 3.63) is 59.4 Å². The Morgan fingerprint density at radius 1 is 1.20 bits per heavy atom. The summed E-state index contributed by atoms with van der Waals surface area (Å²) in [5.41, 5.74) is 1.13. The van der Waals surface area contributed by atoms with Crippen LogP contribution in [0.2, 0.25) is 0 Å². The highest BCUT2D eigenvalue weighted by molar-refractivity contribution is 5.94. The van der Waals surface area contributed by atoms with Crippen LogP contribution in [-0.2, 0) is 4.79 Å². The molecule has 0 heterocycles. The Balaban J connectivity index is 1.92. The van der Waals surface area contributed by atoms with Crippen LogP contribution in [0.3, 0.4) is 0 Å². The van der Waals surface area contributed by atoms with E-state index in [-0.39, 0.29) is 30.1 Å². The summed E-state index contributed by atoms with van der Waals surface area (Å²) in [5.74, 6) is -0.331. The van der Waals surface area contributed by atoms with Gasteiger partial charge >= 0.3 is 0 Å². The van der Waals surface area contributed by atoms with Crippen LogP contribution in [0.1, 0.15) is 35.8 Å². The average molecular weight is 345 g/mol. The molecule has 0 fully saturated rings. The number of Topliss-reactive ketones (excluding diaryl/α,β-unsaturated/α-hetero) is 1. The van der Waals surface area contributed by atoms with Crippen LogP contribution in [0, 0.1) is 5.82 Å². The highest BCUT2D eigenvalue weighted by Gasteiger charge is 2.13. The lowest BCUT2D eigenvalue weighted by atomic mass is 10.1. The SMILES string of the molecule is COc1ccc(C(C)NC(=O)COc2cccc(C(C)=O)c2)cc1F. The molecule has 0 aliphatic heterocycles. The first-order valence-electron chi connectivity index (χ1n) is 7.77. The zero-order valence-corrected chi connectivity index (χ0v) is 14.3. The molecule has 5 nitrogen and oxygen atoms in total. The first-order valence-corrected chi connectivity index (χ1v) is 7.77. The van der Waals surface area contributed by atoms with Crippen molar-refractivity contribution < 1.29 is 23.5 Å². The molecule has 0 spiro atoms. The van der Waals surface area contributed by atoms with Crippen LogP contribution in [-0.4, -0.2) is 25.4 Å². The predicted octanol–water partition coefficient (Wildman–Crippen LogP) is 3.29. The lowest BCUT2D eigenvalue weighted by Gasteiger charge is -2.15. The average Bonchev–Trinajstić information content (AvgIpc) is 2.60. The standard InChI is InChI=1S/C19H20FNO4/c1-12(14-7-8-18(24-3)17(20)10-14)21-19(23)11-25-16-6-4-5-15(9-16)13(2)22/h4-10,12H,11H2,1-3H3,(H,21,23). The van der Waals surface area contributed by atoms with Gasteiger partial charge < -0.3 is 14.8 Å². The van der Waals surface area contributed by atoms with Gasteiger partial charge in [-0.3, -0.25) is 9.59 Å². The fraction of sp³-hybridized carbons (Fsp3) is 0.263. The Hall–Kier alpha value is -2.89. The number of carbonyl (C=O) groups is 2. The van der Waals surface area contributed by atoms with Gasteiger partial charge in [-0.25, -0.2) is 4.39 Å². The smallest absolute Gasteiger partial charge is 0.258 e. The van der Waals surface area contributed by atoms with Gasteiger partial charge in [0.2, 0.25) is 0 Å². The van der Waals surface area contributed by atoms with Crippen molar-refractivity contribution in [3.8, 4) is 11.5 Å².